The molecule has 3 saturated heterocycles. The molecule has 17 atom stereocenters. The molecule has 0 saturated carbocycles. The lowest BCUT2D eigenvalue weighted by Gasteiger charge is -2.48. The van der Waals surface area contributed by atoms with Gasteiger partial charge in [0.2, 0.25) is 5.91 Å². The molecule has 3 heterocycles. The Morgan fingerprint density at radius 3 is 1.12 bits per heavy atom. The minimum Gasteiger partial charge on any atom is -0.394 e. The van der Waals surface area contributed by atoms with Gasteiger partial charge >= 0.3 is 0 Å². The van der Waals surface area contributed by atoms with E-state index in [-0.39, 0.29) is 18.9 Å². The maximum Gasteiger partial charge on any atom is 0.220 e. The van der Waals surface area contributed by atoms with Crippen LogP contribution in [-0.2, 0) is 33.2 Å². The molecule has 19 heteroatoms. The second-order valence-corrected chi connectivity index (χ2v) is 25.7. The number of allylic oxidation sites excluding steroid dienone is 19. The largest absolute Gasteiger partial charge is 0.394 e. The van der Waals surface area contributed by atoms with Crippen molar-refractivity contribution in [2.24, 2.45) is 0 Å². The number of hydrogen-bond donors (Lipinski definition) is 12. The highest BCUT2D eigenvalue weighted by atomic mass is 16.8. The summed E-state index contributed by atoms with van der Waals surface area (Å²) in [4.78, 5) is 13.4. The Labute approximate surface area is 576 Å². The summed E-state index contributed by atoms with van der Waals surface area (Å²) < 4.78 is 34.3. The molecule has 550 valence electrons. The van der Waals surface area contributed by atoms with Crippen molar-refractivity contribution < 1.29 is 89.4 Å². The van der Waals surface area contributed by atoms with E-state index in [2.05, 4.69) is 129 Å². The third-order valence-electron chi connectivity index (χ3n) is 17.5. The van der Waals surface area contributed by atoms with Gasteiger partial charge in [-0.15, -0.1) is 0 Å². The van der Waals surface area contributed by atoms with Gasteiger partial charge in [0.25, 0.3) is 0 Å². The van der Waals surface area contributed by atoms with Crippen molar-refractivity contribution in [3.63, 3.8) is 0 Å². The van der Waals surface area contributed by atoms with Crippen molar-refractivity contribution in [1.29, 1.82) is 0 Å². The zero-order valence-electron chi connectivity index (χ0n) is 58.3. The van der Waals surface area contributed by atoms with Crippen molar-refractivity contribution in [3.8, 4) is 0 Å². The standard InChI is InChI=1S/C77H129NO18/c1-3-5-7-9-11-13-15-16-17-18-19-20-21-22-23-24-25-26-27-28-29-30-31-32-33-34-35-36-37-38-39-40-41-42-43-44-45-47-49-51-53-55-65(83)78-60(61(82)54-52-50-48-46-14-12-10-8-6-4-2)59-91-75-71(89)68(86)73(63(57-80)93-75)96-77-72(90)69(87)74(64(58-81)94-77)95-76-70(88)67(85)66(84)62(56-79)92-76/h5,7,11,13,16-17,19-20,22-23,25-26,28-29,31-32,34-35,52,54,60-64,66-77,79-82,84-90H,3-4,6,8-10,12,14-15,18,21,24,27,30,33,36-51,53,55-59H2,1-2H3,(H,78,83)/b7-5-,13-11-,17-16-,20-19-,23-22-,26-25-,29-28-,32-31-,35-34-,54-52+. The van der Waals surface area contributed by atoms with E-state index in [0.717, 1.165) is 116 Å². The lowest BCUT2D eigenvalue weighted by molar-refractivity contribution is -0.379. The van der Waals surface area contributed by atoms with E-state index in [4.69, 9.17) is 28.4 Å². The molecule has 3 fully saturated rings. The predicted octanol–water partition coefficient (Wildman–Crippen LogP) is 10.8. The Hall–Kier alpha value is -3.81. The van der Waals surface area contributed by atoms with Gasteiger partial charge in [-0.2, -0.15) is 0 Å². The zero-order chi connectivity index (χ0) is 69.6. The molecule has 96 heavy (non-hydrogen) atoms. The fraction of sp³-hybridized carbons (Fsp3) is 0.727. The molecule has 0 bridgehead atoms. The van der Waals surface area contributed by atoms with E-state index < -0.39 is 124 Å². The first-order valence-electron chi connectivity index (χ1n) is 36.8. The van der Waals surface area contributed by atoms with Crippen molar-refractivity contribution in [3.05, 3.63) is 122 Å². The van der Waals surface area contributed by atoms with Crippen LogP contribution >= 0.6 is 0 Å². The van der Waals surface area contributed by atoms with Crippen LogP contribution in [0.2, 0.25) is 0 Å². The summed E-state index contributed by atoms with van der Waals surface area (Å²) >= 11 is 0. The Morgan fingerprint density at radius 2 is 0.719 bits per heavy atom. The van der Waals surface area contributed by atoms with E-state index in [9.17, 15) is 61.0 Å². The van der Waals surface area contributed by atoms with Crippen molar-refractivity contribution in [2.75, 3.05) is 26.4 Å². The van der Waals surface area contributed by atoms with Gasteiger partial charge in [-0.3, -0.25) is 4.79 Å². The number of amides is 1. The van der Waals surface area contributed by atoms with Crippen molar-refractivity contribution >= 4 is 5.91 Å². The molecule has 0 aromatic carbocycles. The maximum atomic E-state index is 13.4. The van der Waals surface area contributed by atoms with E-state index in [1.54, 1.807) is 6.08 Å². The zero-order valence-corrected chi connectivity index (χ0v) is 58.3. The van der Waals surface area contributed by atoms with E-state index in [0.29, 0.717) is 6.42 Å². The molecular formula is C77H129NO18. The second kappa shape index (κ2) is 56.9. The van der Waals surface area contributed by atoms with Gasteiger partial charge in [-0.1, -0.05) is 251 Å². The molecule has 3 aliphatic heterocycles. The monoisotopic (exact) mass is 1360 g/mol. The number of ether oxygens (including phenoxy) is 6. The Morgan fingerprint density at radius 1 is 0.385 bits per heavy atom. The number of unbranched alkanes of at least 4 members (excludes halogenated alkanes) is 21. The molecule has 3 rings (SSSR count). The molecule has 0 aliphatic carbocycles. The van der Waals surface area contributed by atoms with Gasteiger partial charge in [0.15, 0.2) is 18.9 Å². The quantitative estimate of drug-likeness (QED) is 0.0199. The fourth-order valence-corrected chi connectivity index (χ4v) is 11.6. The number of aliphatic hydroxyl groups is 11. The Bertz CT molecular complexity index is 2210. The van der Waals surface area contributed by atoms with Crippen LogP contribution in [-0.4, -0.2) is 193 Å². The molecule has 1 amide bonds. The van der Waals surface area contributed by atoms with Gasteiger partial charge in [-0.05, 0) is 89.9 Å². The van der Waals surface area contributed by atoms with Crippen LogP contribution in [0.3, 0.4) is 0 Å². The van der Waals surface area contributed by atoms with E-state index in [1.165, 1.54) is 83.5 Å². The normalized spacial score (nSPS) is 27.8. The highest BCUT2D eigenvalue weighted by molar-refractivity contribution is 5.76. The first-order chi connectivity index (χ1) is 46.8. The van der Waals surface area contributed by atoms with Crippen molar-refractivity contribution in [2.45, 2.75) is 330 Å². The van der Waals surface area contributed by atoms with Gasteiger partial charge in [0.05, 0.1) is 38.6 Å². The highest BCUT2D eigenvalue weighted by Gasteiger charge is 2.53. The minimum absolute atomic E-state index is 0.235. The van der Waals surface area contributed by atoms with Gasteiger partial charge in [0, 0.05) is 6.42 Å². The summed E-state index contributed by atoms with van der Waals surface area (Å²) in [5.74, 6) is -0.283. The summed E-state index contributed by atoms with van der Waals surface area (Å²) in [7, 11) is 0. The van der Waals surface area contributed by atoms with Crippen LogP contribution in [0.5, 0.6) is 0 Å². The van der Waals surface area contributed by atoms with Gasteiger partial charge < -0.3 is 89.9 Å². The molecule has 12 N–H and O–H groups in total. The molecule has 3 aliphatic rings. The number of hydrogen-bond acceptors (Lipinski definition) is 18. The topological polar surface area (TPSA) is 307 Å². The van der Waals surface area contributed by atoms with E-state index in [1.807, 2.05) is 6.08 Å². The number of carbonyl (C=O) groups is 1. The highest BCUT2D eigenvalue weighted by Crippen LogP contribution is 2.33. The average molecular weight is 1360 g/mol. The molecule has 0 aromatic heterocycles. The summed E-state index contributed by atoms with van der Waals surface area (Å²) in [6, 6.07) is -0.979. The first-order valence-corrected chi connectivity index (χ1v) is 36.8. The molecular weight excluding hydrogens is 1230 g/mol. The van der Waals surface area contributed by atoms with Crippen LogP contribution in [0, 0.1) is 0 Å². The van der Waals surface area contributed by atoms with Crippen LogP contribution in [0.15, 0.2) is 122 Å². The lowest BCUT2D eigenvalue weighted by atomic mass is 9.96. The molecule has 19 nitrogen and oxygen atoms in total. The predicted molar refractivity (Wildman–Crippen MR) is 378 cm³/mol. The number of rotatable bonds is 55. The molecule has 0 spiro atoms. The summed E-state index contributed by atoms with van der Waals surface area (Å²) in [5.41, 5.74) is 0. The SMILES string of the molecule is CC/C=C\C/C=C\C/C=C\C/C=C\C/C=C\C/C=C\C/C=C\C/C=C\C/C=C\CCCCCCCCCCCCCCCC(=O)NC(COC1OC(CO)C(OC2OC(CO)C(OC3OC(CO)C(O)C(O)C3O)C(O)C2O)C(O)C1O)C(O)/C=C/CCCCCCCCCC. The van der Waals surface area contributed by atoms with Crippen LogP contribution in [0.25, 0.3) is 0 Å². The van der Waals surface area contributed by atoms with Crippen LogP contribution < -0.4 is 5.32 Å². The average Bonchev–Trinajstić information content (AvgIpc) is 0.849. The summed E-state index contributed by atoms with van der Waals surface area (Å²) in [6.07, 6.45) is 52.1. The smallest absolute Gasteiger partial charge is 0.220 e. The number of aliphatic hydroxyl groups excluding tert-OH is 11. The molecule has 0 aromatic rings. The number of carbonyl (C=O) groups excluding carboxylic acids is 1. The third-order valence-corrected chi connectivity index (χ3v) is 17.5. The van der Waals surface area contributed by atoms with E-state index >= 15 is 0 Å². The molecule has 0 radical (unpaired) electrons. The number of nitrogens with one attached hydrogen (secondary N) is 1. The second-order valence-electron chi connectivity index (χ2n) is 25.7. The first kappa shape index (κ1) is 86.4. The summed E-state index contributed by atoms with van der Waals surface area (Å²) in [5, 5.41) is 120. The fourth-order valence-electron chi connectivity index (χ4n) is 11.6. The third kappa shape index (κ3) is 37.6. The maximum absolute atomic E-state index is 13.4. The van der Waals surface area contributed by atoms with Crippen LogP contribution in [0.1, 0.15) is 226 Å². The van der Waals surface area contributed by atoms with Crippen LogP contribution in [0.4, 0.5) is 0 Å². The lowest BCUT2D eigenvalue weighted by Crippen LogP contribution is -2.66. The van der Waals surface area contributed by atoms with Gasteiger partial charge in [0.1, 0.15) is 73.2 Å². The summed E-state index contributed by atoms with van der Waals surface area (Å²) in [6.45, 7) is 1.57. The van der Waals surface area contributed by atoms with Gasteiger partial charge in [-0.25, -0.2) is 0 Å². The minimum atomic E-state index is -1.98. The molecule has 17 unspecified atom stereocenters. The Balaban J connectivity index is 1.29. The van der Waals surface area contributed by atoms with Crippen molar-refractivity contribution in [1.82, 2.24) is 5.32 Å². The Kier molecular flexibility index (Phi) is 51.2.